The fourth-order valence-corrected chi connectivity index (χ4v) is 1.27. The standard InChI is InChI=1S/C8H10N2O/c1-5-7(4-11)8(10-9-5)6-2-3-6/h4,6H,2-3H2,1H3,(H,9,10). The summed E-state index contributed by atoms with van der Waals surface area (Å²) in [5.41, 5.74) is 2.63. The van der Waals surface area contributed by atoms with Crippen LogP contribution >= 0.6 is 0 Å². The van der Waals surface area contributed by atoms with Crippen LogP contribution in [-0.4, -0.2) is 16.5 Å². The van der Waals surface area contributed by atoms with E-state index in [2.05, 4.69) is 10.2 Å². The summed E-state index contributed by atoms with van der Waals surface area (Å²) in [4.78, 5) is 10.6. The molecule has 3 nitrogen and oxygen atoms in total. The van der Waals surface area contributed by atoms with Gasteiger partial charge in [-0.05, 0) is 19.8 Å². The molecule has 0 aliphatic heterocycles. The molecule has 0 aromatic carbocycles. The highest BCUT2D eigenvalue weighted by Gasteiger charge is 2.29. The summed E-state index contributed by atoms with van der Waals surface area (Å²) in [5.74, 6) is 0.556. The van der Waals surface area contributed by atoms with Crippen molar-refractivity contribution in [2.75, 3.05) is 0 Å². The van der Waals surface area contributed by atoms with E-state index in [0.29, 0.717) is 5.92 Å². The van der Waals surface area contributed by atoms with Crippen molar-refractivity contribution in [3.05, 3.63) is 17.0 Å². The minimum Gasteiger partial charge on any atom is -0.298 e. The predicted octanol–water partition coefficient (Wildman–Crippen LogP) is 1.41. The van der Waals surface area contributed by atoms with Gasteiger partial charge in [0.2, 0.25) is 0 Å². The highest BCUT2D eigenvalue weighted by molar-refractivity contribution is 5.78. The van der Waals surface area contributed by atoms with Gasteiger partial charge < -0.3 is 0 Å². The second kappa shape index (κ2) is 2.19. The van der Waals surface area contributed by atoms with E-state index in [1.54, 1.807) is 0 Å². The van der Waals surface area contributed by atoms with Crippen LogP contribution in [0.15, 0.2) is 0 Å². The minimum absolute atomic E-state index is 0.556. The topological polar surface area (TPSA) is 45.8 Å². The van der Waals surface area contributed by atoms with Gasteiger partial charge in [0.15, 0.2) is 6.29 Å². The Morgan fingerprint density at radius 3 is 2.91 bits per heavy atom. The summed E-state index contributed by atoms with van der Waals surface area (Å²) < 4.78 is 0. The Morgan fingerprint density at radius 1 is 1.64 bits per heavy atom. The van der Waals surface area contributed by atoms with Gasteiger partial charge in [-0.2, -0.15) is 5.10 Å². The molecule has 58 valence electrons. The van der Waals surface area contributed by atoms with Crippen LogP contribution in [0.3, 0.4) is 0 Å². The van der Waals surface area contributed by atoms with Gasteiger partial charge in [-0.3, -0.25) is 9.89 Å². The fourth-order valence-electron chi connectivity index (χ4n) is 1.27. The van der Waals surface area contributed by atoms with E-state index < -0.39 is 0 Å². The maximum atomic E-state index is 10.6. The number of hydrogen-bond acceptors (Lipinski definition) is 2. The number of aromatic amines is 1. The molecule has 1 heterocycles. The van der Waals surface area contributed by atoms with Gasteiger partial charge in [-0.1, -0.05) is 0 Å². The monoisotopic (exact) mass is 150 g/mol. The SMILES string of the molecule is Cc1[nH]nc(C2CC2)c1C=O. The van der Waals surface area contributed by atoms with Crippen molar-refractivity contribution in [1.82, 2.24) is 10.2 Å². The lowest BCUT2D eigenvalue weighted by atomic mass is 10.1. The third-order valence-electron chi connectivity index (χ3n) is 2.11. The van der Waals surface area contributed by atoms with Gasteiger partial charge >= 0.3 is 0 Å². The number of hydrogen-bond donors (Lipinski definition) is 1. The maximum Gasteiger partial charge on any atom is 0.153 e. The molecule has 0 atom stereocenters. The molecule has 1 aromatic rings. The van der Waals surface area contributed by atoms with Crippen LogP contribution in [0.2, 0.25) is 0 Å². The number of H-pyrrole nitrogens is 1. The van der Waals surface area contributed by atoms with Crippen molar-refractivity contribution in [2.45, 2.75) is 25.7 Å². The molecule has 0 radical (unpaired) electrons. The molecule has 2 rings (SSSR count). The lowest BCUT2D eigenvalue weighted by molar-refractivity contribution is 0.112. The Morgan fingerprint density at radius 2 is 2.36 bits per heavy atom. The van der Waals surface area contributed by atoms with Crippen LogP contribution in [0.1, 0.15) is 40.5 Å². The van der Waals surface area contributed by atoms with Crippen molar-refractivity contribution >= 4 is 6.29 Å². The first-order valence-electron chi connectivity index (χ1n) is 3.83. The second-order valence-electron chi connectivity index (χ2n) is 3.04. The van der Waals surface area contributed by atoms with E-state index in [1.165, 1.54) is 12.8 Å². The first kappa shape index (κ1) is 6.58. The molecule has 0 saturated heterocycles. The van der Waals surface area contributed by atoms with Crippen molar-refractivity contribution in [1.29, 1.82) is 0 Å². The summed E-state index contributed by atoms with van der Waals surface area (Å²) in [7, 11) is 0. The van der Waals surface area contributed by atoms with Gasteiger partial charge in [0.25, 0.3) is 0 Å². The van der Waals surface area contributed by atoms with Crippen molar-refractivity contribution in [3.63, 3.8) is 0 Å². The Kier molecular flexibility index (Phi) is 1.31. The normalized spacial score (nSPS) is 16.8. The van der Waals surface area contributed by atoms with Gasteiger partial charge in [-0.15, -0.1) is 0 Å². The smallest absolute Gasteiger partial charge is 0.153 e. The Bertz CT molecular complexity index is 286. The van der Waals surface area contributed by atoms with Gasteiger partial charge in [0.05, 0.1) is 11.3 Å². The number of aldehydes is 1. The zero-order chi connectivity index (χ0) is 7.84. The first-order chi connectivity index (χ1) is 5.33. The van der Waals surface area contributed by atoms with E-state index >= 15 is 0 Å². The van der Waals surface area contributed by atoms with E-state index in [-0.39, 0.29) is 0 Å². The Balaban J connectivity index is 2.44. The summed E-state index contributed by atoms with van der Waals surface area (Å²) in [6.45, 7) is 1.88. The number of aromatic nitrogens is 2. The molecule has 0 bridgehead atoms. The molecule has 0 amide bonds. The third-order valence-corrected chi connectivity index (χ3v) is 2.11. The van der Waals surface area contributed by atoms with Crippen LogP contribution in [0.4, 0.5) is 0 Å². The van der Waals surface area contributed by atoms with Gasteiger partial charge in [-0.25, -0.2) is 0 Å². The number of aryl methyl sites for hydroxylation is 1. The number of carbonyl (C=O) groups excluding carboxylic acids is 1. The van der Waals surface area contributed by atoms with E-state index in [9.17, 15) is 4.79 Å². The molecule has 11 heavy (non-hydrogen) atoms. The largest absolute Gasteiger partial charge is 0.298 e. The lowest BCUT2D eigenvalue weighted by Crippen LogP contribution is -1.87. The predicted molar refractivity (Wildman–Crippen MR) is 40.7 cm³/mol. The zero-order valence-electron chi connectivity index (χ0n) is 6.42. The molecule has 1 aliphatic carbocycles. The minimum atomic E-state index is 0.556. The number of nitrogens with zero attached hydrogens (tertiary/aromatic N) is 1. The molecule has 0 spiro atoms. The van der Waals surface area contributed by atoms with Crippen LogP contribution in [0.5, 0.6) is 0 Å². The molecule has 1 fully saturated rings. The van der Waals surface area contributed by atoms with Crippen molar-refractivity contribution < 1.29 is 4.79 Å². The van der Waals surface area contributed by atoms with E-state index in [4.69, 9.17) is 0 Å². The average Bonchev–Trinajstić information content (AvgIpc) is 2.76. The fraction of sp³-hybridized carbons (Fsp3) is 0.500. The summed E-state index contributed by atoms with van der Waals surface area (Å²) in [6.07, 6.45) is 3.27. The van der Waals surface area contributed by atoms with Crippen LogP contribution in [0, 0.1) is 6.92 Å². The summed E-state index contributed by atoms with van der Waals surface area (Å²) in [6, 6.07) is 0. The van der Waals surface area contributed by atoms with Crippen molar-refractivity contribution in [3.8, 4) is 0 Å². The van der Waals surface area contributed by atoms with Crippen LogP contribution < -0.4 is 0 Å². The Hall–Kier alpha value is -1.12. The van der Waals surface area contributed by atoms with Crippen LogP contribution in [-0.2, 0) is 0 Å². The quantitative estimate of drug-likeness (QED) is 0.648. The summed E-state index contributed by atoms with van der Waals surface area (Å²) >= 11 is 0. The third kappa shape index (κ3) is 0.964. The number of nitrogens with one attached hydrogen (secondary N) is 1. The Labute approximate surface area is 64.8 Å². The zero-order valence-corrected chi connectivity index (χ0v) is 6.42. The highest BCUT2D eigenvalue weighted by atomic mass is 16.1. The molecular formula is C8H10N2O. The van der Waals surface area contributed by atoms with Gasteiger partial charge in [0, 0.05) is 11.6 Å². The van der Waals surface area contributed by atoms with E-state index in [1.807, 2.05) is 6.92 Å². The average molecular weight is 150 g/mol. The molecule has 1 N–H and O–H groups in total. The molecule has 3 heteroatoms. The first-order valence-corrected chi connectivity index (χ1v) is 3.83. The molecule has 1 aromatic heterocycles. The van der Waals surface area contributed by atoms with Crippen LogP contribution in [0.25, 0.3) is 0 Å². The second-order valence-corrected chi connectivity index (χ2v) is 3.04. The van der Waals surface area contributed by atoms with Gasteiger partial charge in [0.1, 0.15) is 0 Å². The lowest BCUT2D eigenvalue weighted by Gasteiger charge is -1.89. The van der Waals surface area contributed by atoms with E-state index in [0.717, 1.165) is 23.2 Å². The molecule has 0 unspecified atom stereocenters. The maximum absolute atomic E-state index is 10.6. The van der Waals surface area contributed by atoms with Crippen molar-refractivity contribution in [2.24, 2.45) is 0 Å². The summed E-state index contributed by atoms with van der Waals surface area (Å²) in [5, 5.41) is 6.92. The highest BCUT2D eigenvalue weighted by Crippen LogP contribution is 2.40. The molecule has 1 aliphatic rings. The molecule has 1 saturated carbocycles. The number of rotatable bonds is 2. The number of carbonyl (C=O) groups is 1. The molecular weight excluding hydrogens is 140 g/mol.